The third-order valence-electron chi connectivity index (χ3n) is 8.01. The van der Waals surface area contributed by atoms with Crippen LogP contribution in [0.1, 0.15) is 91.5 Å². The molecule has 2 aromatic rings. The molecule has 202 valence electrons. The highest BCUT2D eigenvalue weighted by atomic mass is 16.5. The van der Waals surface area contributed by atoms with Crippen molar-refractivity contribution in [3.05, 3.63) is 46.5 Å². The molecule has 9 nitrogen and oxygen atoms in total. The third kappa shape index (κ3) is 5.02. The lowest BCUT2D eigenvalue weighted by Crippen LogP contribution is -2.59. The van der Waals surface area contributed by atoms with Crippen LogP contribution in [0, 0.1) is 11.3 Å². The molecule has 1 atom stereocenters. The predicted molar refractivity (Wildman–Crippen MR) is 140 cm³/mol. The monoisotopic (exact) mass is 520 g/mol. The van der Waals surface area contributed by atoms with Crippen LogP contribution in [-0.2, 0) is 27.3 Å². The summed E-state index contributed by atoms with van der Waals surface area (Å²) in [4.78, 5) is 35.0. The van der Waals surface area contributed by atoms with Gasteiger partial charge in [0.25, 0.3) is 5.91 Å². The van der Waals surface area contributed by atoms with Gasteiger partial charge in [0.05, 0.1) is 48.4 Å². The van der Waals surface area contributed by atoms with Gasteiger partial charge in [0, 0.05) is 31.0 Å². The number of esters is 1. The Balaban J connectivity index is 1.55. The molecule has 1 amide bonds. The van der Waals surface area contributed by atoms with Crippen molar-refractivity contribution >= 4 is 17.7 Å². The number of aromatic nitrogens is 1. The first-order chi connectivity index (χ1) is 18.3. The standard InChI is InChI=1S/C29H36N4O5/c1-4-37-28(35)24-16-32(11-12-33(24)27(34)20-10-13-36-17-20)26-22(15-30)21-14-29(2,3)38-18-23(21)25(31-26)19-8-6-5-7-9-19/h10,13,17,19,24H,4-9,11-12,14,16,18H2,1-3H3. The minimum atomic E-state index is -0.826. The SMILES string of the molecule is CCOC(=O)C1CN(c2nc(C3CCCCC3)c3c(c2C#N)CC(C)(C)OC3)CCN1C(=O)c1ccoc1. The Hall–Kier alpha value is -3.38. The van der Waals surface area contributed by atoms with Crippen molar-refractivity contribution in [3.8, 4) is 6.07 Å². The number of hydrogen-bond donors (Lipinski definition) is 0. The van der Waals surface area contributed by atoms with Crippen molar-refractivity contribution in [3.63, 3.8) is 0 Å². The van der Waals surface area contributed by atoms with Crippen LogP contribution in [-0.4, -0.2) is 59.6 Å². The van der Waals surface area contributed by atoms with E-state index < -0.39 is 12.0 Å². The largest absolute Gasteiger partial charge is 0.472 e. The molecule has 1 aliphatic carbocycles. The number of amides is 1. The van der Waals surface area contributed by atoms with Gasteiger partial charge in [0.1, 0.15) is 24.2 Å². The maximum atomic E-state index is 13.2. The average molecular weight is 521 g/mol. The van der Waals surface area contributed by atoms with Gasteiger partial charge in [0.15, 0.2) is 0 Å². The number of carbonyl (C=O) groups excluding carboxylic acids is 2. The number of fused-ring (bicyclic) bond motifs is 1. The van der Waals surface area contributed by atoms with Crippen molar-refractivity contribution < 1.29 is 23.5 Å². The molecule has 5 rings (SSSR count). The Morgan fingerprint density at radius 2 is 2.00 bits per heavy atom. The second-order valence-electron chi connectivity index (χ2n) is 11.0. The molecular formula is C29H36N4O5. The molecule has 4 heterocycles. The Bertz CT molecular complexity index is 1230. The summed E-state index contributed by atoms with van der Waals surface area (Å²) in [7, 11) is 0. The van der Waals surface area contributed by atoms with Gasteiger partial charge in [-0.1, -0.05) is 19.3 Å². The summed E-state index contributed by atoms with van der Waals surface area (Å²) < 4.78 is 16.7. The van der Waals surface area contributed by atoms with Crippen molar-refractivity contribution in [1.29, 1.82) is 5.26 Å². The van der Waals surface area contributed by atoms with Crippen molar-refractivity contribution in [2.24, 2.45) is 0 Å². The molecule has 0 spiro atoms. The first kappa shape index (κ1) is 26.2. The van der Waals surface area contributed by atoms with Crippen LogP contribution in [0.3, 0.4) is 0 Å². The summed E-state index contributed by atoms with van der Waals surface area (Å²) in [6.45, 7) is 7.46. The van der Waals surface area contributed by atoms with E-state index in [1.807, 2.05) is 4.90 Å². The van der Waals surface area contributed by atoms with E-state index in [-0.39, 0.29) is 24.7 Å². The van der Waals surface area contributed by atoms with Crippen molar-refractivity contribution in [2.45, 2.75) is 83.5 Å². The van der Waals surface area contributed by atoms with Gasteiger partial charge in [0.2, 0.25) is 0 Å². The number of rotatable bonds is 5. The fourth-order valence-corrected chi connectivity index (χ4v) is 6.05. The molecule has 0 N–H and O–H groups in total. The maximum Gasteiger partial charge on any atom is 0.330 e. The fourth-order valence-electron chi connectivity index (χ4n) is 6.05. The third-order valence-corrected chi connectivity index (χ3v) is 8.01. The fraction of sp³-hybridized carbons (Fsp3) is 0.586. The highest BCUT2D eigenvalue weighted by Crippen LogP contribution is 2.41. The van der Waals surface area contributed by atoms with E-state index in [4.69, 9.17) is 18.9 Å². The van der Waals surface area contributed by atoms with Crippen LogP contribution >= 0.6 is 0 Å². The van der Waals surface area contributed by atoms with Gasteiger partial charge in [-0.05, 0) is 45.2 Å². The molecule has 1 unspecified atom stereocenters. The van der Waals surface area contributed by atoms with Gasteiger partial charge >= 0.3 is 5.97 Å². The molecule has 0 aromatic carbocycles. The number of pyridine rings is 1. The normalized spacial score (nSPS) is 21.5. The summed E-state index contributed by atoms with van der Waals surface area (Å²) in [5.74, 6) is 0.192. The summed E-state index contributed by atoms with van der Waals surface area (Å²) in [5, 5.41) is 10.4. The summed E-state index contributed by atoms with van der Waals surface area (Å²) in [6, 6.07) is 3.21. The number of hydrogen-bond acceptors (Lipinski definition) is 8. The van der Waals surface area contributed by atoms with Gasteiger partial charge in [-0.3, -0.25) is 4.79 Å². The highest BCUT2D eigenvalue weighted by molar-refractivity contribution is 5.97. The Labute approximate surface area is 223 Å². The molecule has 2 fully saturated rings. The molecule has 2 aliphatic heterocycles. The first-order valence-corrected chi connectivity index (χ1v) is 13.7. The van der Waals surface area contributed by atoms with Crippen molar-refractivity contribution in [2.75, 3.05) is 31.1 Å². The molecular weight excluding hydrogens is 484 g/mol. The molecule has 0 bridgehead atoms. The Morgan fingerprint density at radius 3 is 2.68 bits per heavy atom. The van der Waals surface area contributed by atoms with E-state index in [0.717, 1.165) is 29.7 Å². The summed E-state index contributed by atoms with van der Waals surface area (Å²) in [6.07, 6.45) is 9.18. The molecule has 1 saturated heterocycles. The van der Waals surface area contributed by atoms with E-state index in [9.17, 15) is 14.9 Å². The number of nitrogens with zero attached hydrogens (tertiary/aromatic N) is 4. The summed E-state index contributed by atoms with van der Waals surface area (Å²) in [5.41, 5.74) is 3.66. The van der Waals surface area contributed by atoms with Crippen LogP contribution in [0.15, 0.2) is 23.0 Å². The molecule has 38 heavy (non-hydrogen) atoms. The zero-order valence-electron chi connectivity index (χ0n) is 22.5. The quantitative estimate of drug-likeness (QED) is 0.536. The van der Waals surface area contributed by atoms with Crippen LogP contribution in [0.25, 0.3) is 0 Å². The van der Waals surface area contributed by atoms with Gasteiger partial charge in [-0.25, -0.2) is 9.78 Å². The zero-order chi connectivity index (χ0) is 26.9. The molecule has 3 aliphatic rings. The molecule has 1 saturated carbocycles. The lowest BCUT2D eigenvalue weighted by molar-refractivity contribution is -0.148. The van der Waals surface area contributed by atoms with E-state index in [0.29, 0.717) is 49.0 Å². The Kier molecular flexibility index (Phi) is 7.44. The topological polar surface area (TPSA) is 109 Å². The molecule has 2 aromatic heterocycles. The average Bonchev–Trinajstić information content (AvgIpc) is 3.47. The van der Waals surface area contributed by atoms with Crippen LogP contribution in [0.2, 0.25) is 0 Å². The minimum Gasteiger partial charge on any atom is -0.472 e. The first-order valence-electron chi connectivity index (χ1n) is 13.7. The van der Waals surface area contributed by atoms with Crippen LogP contribution in [0.4, 0.5) is 5.82 Å². The van der Waals surface area contributed by atoms with E-state index in [1.54, 1.807) is 17.9 Å². The number of piperazine rings is 1. The summed E-state index contributed by atoms with van der Waals surface area (Å²) >= 11 is 0. The van der Waals surface area contributed by atoms with E-state index in [2.05, 4.69) is 19.9 Å². The number of ether oxygens (including phenoxy) is 2. The molecule has 0 radical (unpaired) electrons. The number of furan rings is 1. The second kappa shape index (κ2) is 10.8. The van der Waals surface area contributed by atoms with Gasteiger partial charge in [-0.2, -0.15) is 5.26 Å². The number of anilines is 1. The minimum absolute atomic E-state index is 0.201. The highest BCUT2D eigenvalue weighted by Gasteiger charge is 2.40. The lowest BCUT2D eigenvalue weighted by Gasteiger charge is -2.42. The smallest absolute Gasteiger partial charge is 0.330 e. The number of carbonyl (C=O) groups is 2. The van der Waals surface area contributed by atoms with Gasteiger partial charge in [-0.15, -0.1) is 0 Å². The van der Waals surface area contributed by atoms with Crippen molar-refractivity contribution in [1.82, 2.24) is 9.88 Å². The Morgan fingerprint density at radius 1 is 1.21 bits per heavy atom. The van der Waals surface area contributed by atoms with E-state index in [1.165, 1.54) is 31.8 Å². The predicted octanol–water partition coefficient (Wildman–Crippen LogP) is 4.34. The van der Waals surface area contributed by atoms with Crippen LogP contribution < -0.4 is 4.90 Å². The van der Waals surface area contributed by atoms with E-state index >= 15 is 0 Å². The number of nitriles is 1. The van der Waals surface area contributed by atoms with Crippen LogP contribution in [0.5, 0.6) is 0 Å². The second-order valence-corrected chi connectivity index (χ2v) is 11.0. The van der Waals surface area contributed by atoms with Gasteiger partial charge < -0.3 is 23.7 Å². The zero-order valence-corrected chi connectivity index (χ0v) is 22.5. The maximum absolute atomic E-state index is 13.2. The lowest BCUT2D eigenvalue weighted by atomic mass is 9.80. The molecule has 9 heteroatoms.